The number of carbonyl (C=O) groups excluding carboxylic acids is 1. The Balaban J connectivity index is 1.78. The Hall–Kier alpha value is -3.49. The van der Waals surface area contributed by atoms with E-state index < -0.39 is 22.4 Å². The number of hydrogen-bond acceptors (Lipinski definition) is 6. The summed E-state index contributed by atoms with van der Waals surface area (Å²) in [5, 5.41) is 15.3. The fraction of sp³-hybridized carbons (Fsp3) is 0. The van der Waals surface area contributed by atoms with Crippen molar-refractivity contribution in [2.24, 2.45) is 5.16 Å². The van der Waals surface area contributed by atoms with Gasteiger partial charge in [0.25, 0.3) is 0 Å². The van der Waals surface area contributed by atoms with Crippen molar-refractivity contribution in [2.45, 2.75) is 0 Å². The highest BCUT2D eigenvalue weighted by atomic mass is 35.5. The second kappa shape index (κ2) is 9.34. The fourth-order valence-corrected chi connectivity index (χ4v) is 2.65. The normalized spacial score (nSPS) is 10.8. The van der Waals surface area contributed by atoms with Crippen LogP contribution in [0.3, 0.4) is 0 Å². The zero-order chi connectivity index (χ0) is 21.7. The van der Waals surface area contributed by atoms with Gasteiger partial charge in [0.15, 0.2) is 0 Å². The van der Waals surface area contributed by atoms with Crippen molar-refractivity contribution < 1.29 is 23.7 Å². The Morgan fingerprint density at radius 2 is 1.83 bits per heavy atom. The van der Waals surface area contributed by atoms with Gasteiger partial charge in [0.1, 0.15) is 11.6 Å². The quantitative estimate of drug-likeness (QED) is 0.199. The van der Waals surface area contributed by atoms with Crippen LogP contribution in [0.25, 0.3) is 0 Å². The van der Waals surface area contributed by atoms with E-state index in [1.165, 1.54) is 36.4 Å². The standard InChI is InChI=1S/C20H11Cl2FN2O5/c21-13-5-7-14(8-6-13)29-19-9-4-12(10-18(19)25(27)28)20(26)30-24-11-15-16(22)2-1-3-17(15)23/h1-11H/b24-11+. The highest BCUT2D eigenvalue weighted by Crippen LogP contribution is 2.32. The van der Waals surface area contributed by atoms with Crippen molar-refractivity contribution >= 4 is 41.1 Å². The average molecular weight is 449 g/mol. The summed E-state index contributed by atoms with van der Waals surface area (Å²) in [5.41, 5.74) is -0.674. The Morgan fingerprint density at radius 3 is 2.50 bits per heavy atom. The molecule has 7 nitrogen and oxygen atoms in total. The van der Waals surface area contributed by atoms with Crippen molar-refractivity contribution in [3.63, 3.8) is 0 Å². The van der Waals surface area contributed by atoms with Crippen molar-refractivity contribution in [1.82, 2.24) is 0 Å². The van der Waals surface area contributed by atoms with Crippen molar-refractivity contribution in [2.75, 3.05) is 0 Å². The third-order valence-electron chi connectivity index (χ3n) is 3.75. The Morgan fingerprint density at radius 1 is 1.10 bits per heavy atom. The number of rotatable bonds is 6. The SMILES string of the molecule is O=C(O/N=C/c1c(F)cccc1Cl)c1ccc(Oc2ccc(Cl)cc2)c([N+](=O)[O-])c1. The molecule has 0 aliphatic heterocycles. The molecule has 0 heterocycles. The van der Waals surface area contributed by atoms with E-state index in [-0.39, 0.29) is 21.9 Å². The molecule has 0 bridgehead atoms. The van der Waals surface area contributed by atoms with Gasteiger partial charge in [-0.25, -0.2) is 9.18 Å². The summed E-state index contributed by atoms with van der Waals surface area (Å²) in [6.45, 7) is 0. The molecular formula is C20H11Cl2FN2O5. The van der Waals surface area contributed by atoms with E-state index in [1.807, 2.05) is 0 Å². The Bertz CT molecular complexity index is 1120. The van der Waals surface area contributed by atoms with Crippen LogP contribution in [0.1, 0.15) is 15.9 Å². The van der Waals surface area contributed by atoms with Crippen molar-refractivity contribution in [3.8, 4) is 11.5 Å². The summed E-state index contributed by atoms with van der Waals surface area (Å²) < 4.78 is 19.2. The van der Waals surface area contributed by atoms with Crippen LogP contribution in [0, 0.1) is 15.9 Å². The van der Waals surface area contributed by atoms with Gasteiger partial charge in [-0.05, 0) is 48.5 Å². The lowest BCUT2D eigenvalue weighted by atomic mass is 10.2. The van der Waals surface area contributed by atoms with E-state index >= 15 is 0 Å². The number of oxime groups is 1. The van der Waals surface area contributed by atoms with E-state index in [4.69, 9.17) is 27.9 Å². The van der Waals surface area contributed by atoms with Crippen LogP contribution in [0.2, 0.25) is 10.0 Å². The van der Waals surface area contributed by atoms with Gasteiger partial charge in [0.05, 0.1) is 27.3 Å². The predicted molar refractivity (Wildman–Crippen MR) is 109 cm³/mol. The maximum atomic E-state index is 13.7. The second-order valence-corrected chi connectivity index (χ2v) is 6.59. The number of hydrogen-bond donors (Lipinski definition) is 0. The number of nitrogens with zero attached hydrogens (tertiary/aromatic N) is 2. The molecule has 0 unspecified atom stereocenters. The molecule has 0 spiro atoms. The second-order valence-electron chi connectivity index (χ2n) is 5.74. The minimum atomic E-state index is -0.986. The van der Waals surface area contributed by atoms with E-state index in [2.05, 4.69) is 9.99 Å². The molecule has 30 heavy (non-hydrogen) atoms. The van der Waals surface area contributed by atoms with Gasteiger partial charge >= 0.3 is 11.7 Å². The molecule has 0 saturated heterocycles. The molecular weight excluding hydrogens is 438 g/mol. The highest BCUT2D eigenvalue weighted by Gasteiger charge is 2.20. The summed E-state index contributed by atoms with van der Waals surface area (Å²) >= 11 is 11.6. The van der Waals surface area contributed by atoms with Gasteiger partial charge in [0.2, 0.25) is 5.75 Å². The van der Waals surface area contributed by atoms with Gasteiger partial charge in [0, 0.05) is 11.1 Å². The smallest absolute Gasteiger partial charge is 0.365 e. The highest BCUT2D eigenvalue weighted by molar-refractivity contribution is 6.33. The summed E-state index contributed by atoms with van der Waals surface area (Å²) in [7, 11) is 0. The number of nitro benzene ring substituents is 1. The van der Waals surface area contributed by atoms with Gasteiger partial charge < -0.3 is 9.57 Å². The van der Waals surface area contributed by atoms with Crippen LogP contribution in [0.4, 0.5) is 10.1 Å². The van der Waals surface area contributed by atoms with Crippen molar-refractivity contribution in [3.05, 3.63) is 97.8 Å². The minimum Gasteiger partial charge on any atom is -0.450 e. The lowest BCUT2D eigenvalue weighted by molar-refractivity contribution is -0.385. The van der Waals surface area contributed by atoms with Gasteiger partial charge in [-0.15, -0.1) is 0 Å². The number of ether oxygens (including phenoxy) is 1. The molecule has 0 fully saturated rings. The summed E-state index contributed by atoms with van der Waals surface area (Å²) in [6.07, 6.45) is 0.933. The van der Waals surface area contributed by atoms with E-state index in [1.54, 1.807) is 12.1 Å². The molecule has 0 aromatic heterocycles. The summed E-state index contributed by atoms with van der Waals surface area (Å²) in [5.74, 6) is -1.40. The average Bonchev–Trinajstić information content (AvgIpc) is 2.72. The molecule has 3 rings (SSSR count). The van der Waals surface area contributed by atoms with Crippen molar-refractivity contribution in [1.29, 1.82) is 0 Å². The molecule has 3 aromatic carbocycles. The zero-order valence-electron chi connectivity index (χ0n) is 14.9. The molecule has 0 N–H and O–H groups in total. The minimum absolute atomic E-state index is 0.0651. The van der Waals surface area contributed by atoms with Gasteiger partial charge in [-0.1, -0.05) is 34.4 Å². The number of carbonyl (C=O) groups is 1. The van der Waals surface area contributed by atoms with E-state index in [0.717, 1.165) is 18.3 Å². The maximum Gasteiger partial charge on any atom is 0.365 e. The van der Waals surface area contributed by atoms with Crippen LogP contribution < -0.4 is 4.74 Å². The van der Waals surface area contributed by atoms with Crippen LogP contribution in [-0.2, 0) is 4.84 Å². The van der Waals surface area contributed by atoms with E-state index in [0.29, 0.717) is 10.8 Å². The van der Waals surface area contributed by atoms with Crippen LogP contribution in [0.5, 0.6) is 11.5 Å². The maximum absolute atomic E-state index is 13.7. The molecule has 0 aliphatic rings. The Kier molecular flexibility index (Phi) is 6.61. The molecule has 10 heteroatoms. The lowest BCUT2D eigenvalue weighted by Gasteiger charge is -2.07. The van der Waals surface area contributed by atoms with Gasteiger partial charge in [-0.3, -0.25) is 10.1 Å². The number of halogens is 3. The summed E-state index contributed by atoms with van der Waals surface area (Å²) in [4.78, 5) is 27.5. The first-order valence-corrected chi connectivity index (χ1v) is 9.01. The predicted octanol–water partition coefficient (Wildman–Crippen LogP) is 6.02. The lowest BCUT2D eigenvalue weighted by Crippen LogP contribution is -2.03. The molecule has 3 aromatic rings. The molecule has 0 radical (unpaired) electrons. The first-order valence-electron chi connectivity index (χ1n) is 8.26. The van der Waals surface area contributed by atoms with Gasteiger partial charge in [-0.2, -0.15) is 0 Å². The first-order chi connectivity index (χ1) is 14.3. The topological polar surface area (TPSA) is 91.0 Å². The summed E-state index contributed by atoms with van der Waals surface area (Å²) in [6, 6.07) is 13.7. The molecule has 0 saturated carbocycles. The monoisotopic (exact) mass is 448 g/mol. The first kappa shape index (κ1) is 21.2. The van der Waals surface area contributed by atoms with Crippen LogP contribution in [-0.4, -0.2) is 17.1 Å². The largest absolute Gasteiger partial charge is 0.450 e. The van der Waals surface area contributed by atoms with Crippen LogP contribution in [0.15, 0.2) is 65.8 Å². The molecule has 0 aliphatic carbocycles. The number of nitro groups is 1. The third-order valence-corrected chi connectivity index (χ3v) is 4.33. The zero-order valence-corrected chi connectivity index (χ0v) is 16.4. The third kappa shape index (κ3) is 5.11. The number of benzene rings is 3. The van der Waals surface area contributed by atoms with E-state index in [9.17, 15) is 19.3 Å². The molecule has 152 valence electrons. The Labute approximate surface area is 179 Å². The van der Waals surface area contributed by atoms with Crippen LogP contribution >= 0.6 is 23.2 Å². The molecule has 0 amide bonds. The fourth-order valence-electron chi connectivity index (χ4n) is 2.32. The molecule has 0 atom stereocenters.